The topological polar surface area (TPSA) is 88.1 Å². The number of rotatable bonds is 5. The van der Waals surface area contributed by atoms with Crippen LogP contribution in [0, 0.1) is 0 Å². The molecule has 0 radical (unpaired) electrons. The SMILES string of the molecule is CC(=O)N[C@@H]1C[C@H](c2ccc(OCCO)cc2)OC2(CCN(C(C)=O)CC2)C1. The zero-order chi connectivity index (χ0) is 20.1. The van der Waals surface area contributed by atoms with Crippen molar-refractivity contribution in [2.45, 2.75) is 57.3 Å². The zero-order valence-corrected chi connectivity index (χ0v) is 16.6. The number of ether oxygens (including phenoxy) is 2. The lowest BCUT2D eigenvalue weighted by molar-refractivity contribution is -0.168. The average Bonchev–Trinajstić information content (AvgIpc) is 2.66. The van der Waals surface area contributed by atoms with Crippen molar-refractivity contribution in [3.63, 3.8) is 0 Å². The van der Waals surface area contributed by atoms with Gasteiger partial charge in [-0.05, 0) is 43.4 Å². The first-order chi connectivity index (χ1) is 13.4. The molecule has 0 unspecified atom stereocenters. The van der Waals surface area contributed by atoms with E-state index in [-0.39, 0.29) is 42.8 Å². The maximum Gasteiger partial charge on any atom is 0.219 e. The van der Waals surface area contributed by atoms with E-state index in [1.165, 1.54) is 0 Å². The van der Waals surface area contributed by atoms with Gasteiger partial charge in [0.25, 0.3) is 0 Å². The number of nitrogens with zero attached hydrogens (tertiary/aromatic N) is 1. The van der Waals surface area contributed by atoms with Gasteiger partial charge < -0.3 is 24.8 Å². The number of amides is 2. The number of aliphatic hydroxyl groups excluding tert-OH is 1. The number of carbonyl (C=O) groups is 2. The highest BCUT2D eigenvalue weighted by Gasteiger charge is 2.44. The van der Waals surface area contributed by atoms with Gasteiger partial charge in [-0.15, -0.1) is 0 Å². The minimum Gasteiger partial charge on any atom is -0.491 e. The molecule has 0 aliphatic carbocycles. The largest absolute Gasteiger partial charge is 0.491 e. The standard InChI is InChI=1S/C21H30N2O5/c1-15(25)22-18-13-20(17-3-5-19(6-4-17)27-12-11-24)28-21(14-18)7-9-23(10-8-21)16(2)26/h3-6,18,20,24H,7-14H2,1-2H3,(H,22,25)/t18-,20-/m1/s1. The van der Waals surface area contributed by atoms with Crippen LogP contribution in [0.5, 0.6) is 5.75 Å². The Morgan fingerprint density at radius 1 is 1.25 bits per heavy atom. The minimum absolute atomic E-state index is 0.0221. The van der Waals surface area contributed by atoms with E-state index in [9.17, 15) is 9.59 Å². The summed E-state index contributed by atoms with van der Waals surface area (Å²) < 4.78 is 12.0. The van der Waals surface area contributed by atoms with Crippen LogP contribution in [0.15, 0.2) is 24.3 Å². The molecule has 2 atom stereocenters. The lowest BCUT2D eigenvalue weighted by Gasteiger charge is -2.49. The van der Waals surface area contributed by atoms with Crippen LogP contribution in [-0.2, 0) is 14.3 Å². The van der Waals surface area contributed by atoms with Crippen molar-refractivity contribution < 1.29 is 24.2 Å². The van der Waals surface area contributed by atoms with Crippen LogP contribution in [0.25, 0.3) is 0 Å². The molecule has 1 spiro atoms. The van der Waals surface area contributed by atoms with E-state index in [1.54, 1.807) is 13.8 Å². The lowest BCUT2D eigenvalue weighted by Crippen LogP contribution is -2.54. The maximum atomic E-state index is 11.7. The maximum absolute atomic E-state index is 11.7. The van der Waals surface area contributed by atoms with E-state index in [0.29, 0.717) is 25.3 Å². The second-order valence-corrected chi connectivity index (χ2v) is 7.77. The average molecular weight is 390 g/mol. The first-order valence-electron chi connectivity index (χ1n) is 9.95. The molecule has 2 heterocycles. The Bertz CT molecular complexity index is 683. The normalized spacial score (nSPS) is 24.0. The van der Waals surface area contributed by atoms with Gasteiger partial charge in [-0.25, -0.2) is 0 Å². The number of carbonyl (C=O) groups excluding carboxylic acids is 2. The van der Waals surface area contributed by atoms with Crippen molar-refractivity contribution >= 4 is 11.8 Å². The Kier molecular flexibility index (Phi) is 6.57. The summed E-state index contributed by atoms with van der Waals surface area (Å²) in [5.74, 6) is 0.769. The first-order valence-corrected chi connectivity index (χ1v) is 9.95. The molecule has 2 N–H and O–H groups in total. The number of nitrogens with one attached hydrogen (secondary N) is 1. The van der Waals surface area contributed by atoms with E-state index in [1.807, 2.05) is 29.2 Å². The molecular weight excluding hydrogens is 360 g/mol. The summed E-state index contributed by atoms with van der Waals surface area (Å²) in [5, 5.41) is 12.0. The van der Waals surface area contributed by atoms with E-state index >= 15 is 0 Å². The first kappa shape index (κ1) is 20.6. The second-order valence-electron chi connectivity index (χ2n) is 7.77. The number of benzene rings is 1. The van der Waals surface area contributed by atoms with E-state index in [4.69, 9.17) is 14.6 Å². The fourth-order valence-corrected chi connectivity index (χ4v) is 4.28. The summed E-state index contributed by atoms with van der Waals surface area (Å²) in [7, 11) is 0. The van der Waals surface area contributed by atoms with Crippen LogP contribution in [0.1, 0.15) is 51.2 Å². The van der Waals surface area contributed by atoms with Gasteiger partial charge in [0.1, 0.15) is 12.4 Å². The predicted octanol–water partition coefficient (Wildman–Crippen LogP) is 1.79. The molecule has 7 nitrogen and oxygen atoms in total. The molecule has 2 aliphatic rings. The number of aliphatic hydroxyl groups is 1. The van der Waals surface area contributed by atoms with Crippen molar-refractivity contribution in [2.75, 3.05) is 26.3 Å². The molecule has 0 bridgehead atoms. The van der Waals surface area contributed by atoms with Gasteiger partial charge >= 0.3 is 0 Å². The van der Waals surface area contributed by atoms with Crippen LogP contribution >= 0.6 is 0 Å². The van der Waals surface area contributed by atoms with Gasteiger partial charge in [0, 0.05) is 33.0 Å². The van der Waals surface area contributed by atoms with Gasteiger partial charge in [0.2, 0.25) is 11.8 Å². The van der Waals surface area contributed by atoms with E-state index in [0.717, 1.165) is 24.8 Å². The molecule has 28 heavy (non-hydrogen) atoms. The Morgan fingerprint density at radius 3 is 2.50 bits per heavy atom. The van der Waals surface area contributed by atoms with Gasteiger partial charge in [-0.3, -0.25) is 9.59 Å². The summed E-state index contributed by atoms with van der Waals surface area (Å²) in [6, 6.07) is 7.76. The van der Waals surface area contributed by atoms with E-state index < -0.39 is 0 Å². The smallest absolute Gasteiger partial charge is 0.219 e. The molecule has 0 saturated carbocycles. The fraction of sp³-hybridized carbons (Fsp3) is 0.619. The summed E-state index contributed by atoms with van der Waals surface area (Å²) >= 11 is 0. The second kappa shape index (κ2) is 8.92. The molecule has 1 aromatic carbocycles. The van der Waals surface area contributed by atoms with Crippen LogP contribution in [-0.4, -0.2) is 59.8 Å². The summed E-state index contributed by atoms with van der Waals surface area (Å²) in [4.78, 5) is 25.2. The van der Waals surface area contributed by atoms with Crippen molar-refractivity contribution in [1.82, 2.24) is 10.2 Å². The molecule has 2 aliphatic heterocycles. The molecule has 154 valence electrons. The Hall–Kier alpha value is -2.12. The highest BCUT2D eigenvalue weighted by atomic mass is 16.5. The minimum atomic E-state index is -0.325. The van der Waals surface area contributed by atoms with Crippen molar-refractivity contribution in [1.29, 1.82) is 0 Å². The van der Waals surface area contributed by atoms with Crippen molar-refractivity contribution in [3.8, 4) is 5.75 Å². The number of hydrogen-bond donors (Lipinski definition) is 2. The number of piperidine rings is 1. The zero-order valence-electron chi connectivity index (χ0n) is 16.6. The third-order valence-electron chi connectivity index (χ3n) is 5.65. The predicted molar refractivity (Wildman–Crippen MR) is 104 cm³/mol. The Balaban J connectivity index is 1.75. The highest BCUT2D eigenvalue weighted by molar-refractivity contribution is 5.73. The van der Waals surface area contributed by atoms with Crippen LogP contribution in [0.2, 0.25) is 0 Å². The monoisotopic (exact) mass is 390 g/mol. The Morgan fingerprint density at radius 2 is 1.93 bits per heavy atom. The lowest BCUT2D eigenvalue weighted by atomic mass is 9.79. The molecule has 1 aromatic rings. The van der Waals surface area contributed by atoms with E-state index in [2.05, 4.69) is 5.32 Å². The molecule has 2 amide bonds. The van der Waals surface area contributed by atoms with Crippen LogP contribution < -0.4 is 10.1 Å². The van der Waals surface area contributed by atoms with Gasteiger partial charge in [-0.1, -0.05) is 12.1 Å². The van der Waals surface area contributed by atoms with Crippen LogP contribution in [0.3, 0.4) is 0 Å². The quantitative estimate of drug-likeness (QED) is 0.800. The molecule has 7 heteroatoms. The number of hydrogen-bond acceptors (Lipinski definition) is 5. The Labute approximate surface area is 166 Å². The summed E-state index contributed by atoms with van der Waals surface area (Å²) in [6.07, 6.45) is 2.91. The fourth-order valence-electron chi connectivity index (χ4n) is 4.28. The van der Waals surface area contributed by atoms with Crippen LogP contribution in [0.4, 0.5) is 0 Å². The summed E-state index contributed by atoms with van der Waals surface area (Å²) in [6.45, 7) is 4.75. The molecule has 3 rings (SSSR count). The van der Waals surface area contributed by atoms with Gasteiger partial charge in [-0.2, -0.15) is 0 Å². The van der Waals surface area contributed by atoms with Gasteiger partial charge in [0.15, 0.2) is 0 Å². The third-order valence-corrected chi connectivity index (χ3v) is 5.65. The molecule has 2 fully saturated rings. The highest BCUT2D eigenvalue weighted by Crippen LogP contribution is 2.43. The molecular formula is C21H30N2O5. The van der Waals surface area contributed by atoms with Gasteiger partial charge in [0.05, 0.1) is 18.3 Å². The van der Waals surface area contributed by atoms with Crippen molar-refractivity contribution in [2.24, 2.45) is 0 Å². The molecule has 0 aromatic heterocycles. The molecule has 2 saturated heterocycles. The number of likely N-dealkylation sites (tertiary alicyclic amines) is 1. The van der Waals surface area contributed by atoms with Crippen molar-refractivity contribution in [3.05, 3.63) is 29.8 Å². The third kappa shape index (κ3) is 5.02. The summed E-state index contributed by atoms with van der Waals surface area (Å²) in [5.41, 5.74) is 0.716.